The Balaban J connectivity index is 1.64. The maximum atomic E-state index is 12.9. The molecule has 5 heteroatoms. The van der Waals surface area contributed by atoms with Crippen LogP contribution < -0.4 is 9.80 Å². The third-order valence-electron chi connectivity index (χ3n) is 3.56. The van der Waals surface area contributed by atoms with Gasteiger partial charge in [0.2, 0.25) is 0 Å². The van der Waals surface area contributed by atoms with Gasteiger partial charge in [0.05, 0.1) is 4.88 Å². The van der Waals surface area contributed by atoms with Crippen molar-refractivity contribution in [3.63, 3.8) is 0 Å². The molecule has 1 aromatic carbocycles. The van der Waals surface area contributed by atoms with E-state index in [0.29, 0.717) is 0 Å². The number of piperazine rings is 1. The number of hydrogen-bond acceptors (Lipinski definition) is 4. The fourth-order valence-corrected chi connectivity index (χ4v) is 3.16. The summed E-state index contributed by atoms with van der Waals surface area (Å²) in [5.74, 6) is -0.202. The molecule has 1 aromatic heterocycles. The van der Waals surface area contributed by atoms with E-state index >= 15 is 0 Å². The molecule has 0 bridgehead atoms. The van der Waals surface area contributed by atoms with Gasteiger partial charge in [0, 0.05) is 42.9 Å². The average Bonchev–Trinajstić information content (AvgIpc) is 2.97. The van der Waals surface area contributed by atoms with Crippen LogP contribution in [0.4, 0.5) is 15.8 Å². The number of hydrogen-bond donors (Lipinski definition) is 0. The molecule has 3 rings (SSSR count). The monoisotopic (exact) mass is 290 g/mol. The second-order valence-corrected chi connectivity index (χ2v) is 5.72. The maximum Gasteiger partial charge on any atom is 0.160 e. The molecule has 0 amide bonds. The highest BCUT2D eigenvalue weighted by atomic mass is 32.1. The number of nitrogens with zero attached hydrogens (tertiary/aromatic N) is 2. The van der Waals surface area contributed by atoms with Crippen molar-refractivity contribution in [1.29, 1.82) is 0 Å². The summed E-state index contributed by atoms with van der Waals surface area (Å²) in [7, 11) is 0. The van der Waals surface area contributed by atoms with E-state index in [1.54, 1.807) is 0 Å². The Kier molecular flexibility index (Phi) is 3.69. The van der Waals surface area contributed by atoms with Gasteiger partial charge in [-0.2, -0.15) is 0 Å². The van der Waals surface area contributed by atoms with Crippen molar-refractivity contribution in [2.75, 3.05) is 36.0 Å². The number of aldehydes is 1. The molecule has 0 saturated carbocycles. The third-order valence-corrected chi connectivity index (χ3v) is 4.40. The Morgan fingerprint density at radius 3 is 2.15 bits per heavy atom. The summed E-state index contributed by atoms with van der Waals surface area (Å²) in [6, 6.07) is 8.57. The van der Waals surface area contributed by atoms with Gasteiger partial charge in [0.1, 0.15) is 5.82 Å². The molecule has 104 valence electrons. The number of thiophene rings is 1. The Bertz CT molecular complexity index is 588. The van der Waals surface area contributed by atoms with Crippen LogP contribution in [0.15, 0.2) is 35.7 Å². The first-order valence-electron chi connectivity index (χ1n) is 6.55. The van der Waals surface area contributed by atoms with E-state index in [4.69, 9.17) is 0 Å². The van der Waals surface area contributed by atoms with Crippen LogP contribution in [-0.2, 0) is 0 Å². The van der Waals surface area contributed by atoms with Gasteiger partial charge in [-0.05, 0) is 30.3 Å². The quantitative estimate of drug-likeness (QED) is 0.812. The van der Waals surface area contributed by atoms with E-state index in [0.717, 1.165) is 48.7 Å². The van der Waals surface area contributed by atoms with Gasteiger partial charge in [0.15, 0.2) is 6.29 Å². The summed E-state index contributed by atoms with van der Waals surface area (Å²) in [6.07, 6.45) is 0.892. The van der Waals surface area contributed by atoms with Gasteiger partial charge < -0.3 is 9.80 Å². The predicted molar refractivity (Wildman–Crippen MR) is 80.5 cm³/mol. The molecule has 3 nitrogen and oxygen atoms in total. The summed E-state index contributed by atoms with van der Waals surface area (Å²) in [5, 5.41) is 2.03. The zero-order valence-electron chi connectivity index (χ0n) is 11.0. The lowest BCUT2D eigenvalue weighted by Crippen LogP contribution is -2.46. The van der Waals surface area contributed by atoms with E-state index in [-0.39, 0.29) is 5.82 Å². The van der Waals surface area contributed by atoms with Crippen LogP contribution in [-0.4, -0.2) is 32.5 Å². The third kappa shape index (κ3) is 2.67. The maximum absolute atomic E-state index is 12.9. The number of carbonyl (C=O) groups excluding carboxylic acids is 1. The minimum absolute atomic E-state index is 0.202. The molecular formula is C15H15FN2OS. The first-order valence-corrected chi connectivity index (χ1v) is 7.43. The summed E-state index contributed by atoms with van der Waals surface area (Å²) in [4.78, 5) is 16.0. The normalized spacial score (nSPS) is 15.4. The number of benzene rings is 1. The molecule has 1 aliphatic heterocycles. The lowest BCUT2D eigenvalue weighted by Gasteiger charge is -2.36. The Morgan fingerprint density at radius 2 is 1.60 bits per heavy atom. The summed E-state index contributed by atoms with van der Waals surface area (Å²) in [6.45, 7) is 3.62. The van der Waals surface area contributed by atoms with Crippen LogP contribution >= 0.6 is 11.3 Å². The van der Waals surface area contributed by atoms with E-state index in [1.807, 2.05) is 23.6 Å². The molecule has 1 fully saturated rings. The minimum atomic E-state index is -0.202. The topological polar surface area (TPSA) is 23.6 Å². The van der Waals surface area contributed by atoms with Crippen LogP contribution in [0.3, 0.4) is 0 Å². The zero-order valence-corrected chi connectivity index (χ0v) is 11.8. The first kappa shape index (κ1) is 13.1. The summed E-state index contributed by atoms with van der Waals surface area (Å²) in [5.41, 5.74) is 2.18. The highest BCUT2D eigenvalue weighted by molar-refractivity contribution is 7.12. The van der Waals surface area contributed by atoms with Crippen molar-refractivity contribution >= 4 is 29.0 Å². The lowest BCUT2D eigenvalue weighted by atomic mass is 10.2. The standard InChI is InChI=1S/C15H15FN2OS/c16-12-1-3-13(4-2-12)17-5-7-18(8-6-17)14-9-15(10-19)20-11-14/h1-4,9-11H,5-8H2. The Morgan fingerprint density at radius 1 is 1.00 bits per heavy atom. The molecule has 1 saturated heterocycles. The van der Waals surface area contributed by atoms with Crippen molar-refractivity contribution in [3.8, 4) is 0 Å². The molecule has 2 aromatic rings. The second-order valence-electron chi connectivity index (χ2n) is 4.78. The number of rotatable bonds is 3. The molecule has 0 N–H and O–H groups in total. The van der Waals surface area contributed by atoms with Crippen LogP contribution in [0.2, 0.25) is 0 Å². The van der Waals surface area contributed by atoms with Crippen molar-refractivity contribution in [1.82, 2.24) is 0 Å². The molecular weight excluding hydrogens is 275 g/mol. The van der Waals surface area contributed by atoms with Crippen LogP contribution in [0.5, 0.6) is 0 Å². The number of carbonyl (C=O) groups is 1. The predicted octanol–water partition coefficient (Wildman–Crippen LogP) is 3.03. The molecule has 0 aliphatic carbocycles. The molecule has 2 heterocycles. The minimum Gasteiger partial charge on any atom is -0.368 e. The molecule has 0 spiro atoms. The highest BCUT2D eigenvalue weighted by Crippen LogP contribution is 2.24. The SMILES string of the molecule is O=Cc1cc(N2CCN(c3ccc(F)cc3)CC2)cs1. The van der Waals surface area contributed by atoms with E-state index in [1.165, 1.54) is 23.5 Å². The van der Waals surface area contributed by atoms with Crippen molar-refractivity contribution in [2.24, 2.45) is 0 Å². The van der Waals surface area contributed by atoms with Gasteiger partial charge in [-0.1, -0.05) is 0 Å². The van der Waals surface area contributed by atoms with Crippen molar-refractivity contribution in [3.05, 3.63) is 46.4 Å². The smallest absolute Gasteiger partial charge is 0.160 e. The largest absolute Gasteiger partial charge is 0.368 e. The number of halogens is 1. The van der Waals surface area contributed by atoms with E-state index < -0.39 is 0 Å². The number of anilines is 2. The molecule has 20 heavy (non-hydrogen) atoms. The van der Waals surface area contributed by atoms with Crippen LogP contribution in [0.25, 0.3) is 0 Å². The average molecular weight is 290 g/mol. The van der Waals surface area contributed by atoms with Crippen LogP contribution in [0, 0.1) is 5.82 Å². The second kappa shape index (κ2) is 5.63. The van der Waals surface area contributed by atoms with E-state index in [9.17, 15) is 9.18 Å². The van der Waals surface area contributed by atoms with Gasteiger partial charge >= 0.3 is 0 Å². The van der Waals surface area contributed by atoms with Crippen molar-refractivity contribution in [2.45, 2.75) is 0 Å². The summed E-state index contributed by atoms with van der Waals surface area (Å²) >= 11 is 1.48. The molecule has 0 atom stereocenters. The van der Waals surface area contributed by atoms with Gasteiger partial charge in [-0.15, -0.1) is 11.3 Å². The highest BCUT2D eigenvalue weighted by Gasteiger charge is 2.18. The summed E-state index contributed by atoms with van der Waals surface area (Å²) < 4.78 is 12.9. The molecule has 1 aliphatic rings. The molecule has 0 unspecified atom stereocenters. The Labute approximate surface area is 121 Å². The lowest BCUT2D eigenvalue weighted by molar-refractivity contribution is 0.112. The molecule has 0 radical (unpaired) electrons. The van der Waals surface area contributed by atoms with Crippen molar-refractivity contribution < 1.29 is 9.18 Å². The first-order chi connectivity index (χ1) is 9.76. The Hall–Kier alpha value is -1.88. The fraction of sp³-hybridized carbons (Fsp3) is 0.267. The zero-order chi connectivity index (χ0) is 13.9. The van der Waals surface area contributed by atoms with E-state index in [2.05, 4.69) is 9.80 Å². The van der Waals surface area contributed by atoms with Crippen LogP contribution in [0.1, 0.15) is 9.67 Å². The fourth-order valence-electron chi connectivity index (χ4n) is 2.44. The van der Waals surface area contributed by atoms with Gasteiger partial charge in [0.25, 0.3) is 0 Å². The van der Waals surface area contributed by atoms with Gasteiger partial charge in [-0.25, -0.2) is 4.39 Å². The van der Waals surface area contributed by atoms with Gasteiger partial charge in [-0.3, -0.25) is 4.79 Å².